The smallest absolute Gasteiger partial charge is 0.253 e. The molecule has 1 spiro atoms. The van der Waals surface area contributed by atoms with Crippen molar-refractivity contribution < 1.29 is 24.2 Å². The van der Waals surface area contributed by atoms with Crippen molar-refractivity contribution in [3.63, 3.8) is 0 Å². The zero-order valence-corrected chi connectivity index (χ0v) is 24.9. The van der Waals surface area contributed by atoms with Gasteiger partial charge in [0, 0.05) is 30.3 Å². The van der Waals surface area contributed by atoms with Gasteiger partial charge in [-0.05, 0) is 56.5 Å². The highest BCUT2D eigenvalue weighted by Crippen LogP contribution is 2.64. The van der Waals surface area contributed by atoms with E-state index in [1.165, 1.54) is 4.90 Å². The molecular weight excluding hydrogens is 554 g/mol. The molecule has 0 radical (unpaired) electrons. The second-order valence-corrected chi connectivity index (χ2v) is 12.1. The molecule has 3 amide bonds. The molecule has 8 nitrogen and oxygen atoms in total. The molecule has 5 rings (SSSR count). The number of nitrogens with zero attached hydrogens (tertiary/aromatic N) is 3. The summed E-state index contributed by atoms with van der Waals surface area (Å²) in [6.07, 6.45) is 4.26. The number of anilines is 1. The Morgan fingerprint density at radius 1 is 1.10 bits per heavy atom. The number of fused-ring (bicyclic) bond motifs is 1. The Bertz CT molecular complexity index is 1370. The summed E-state index contributed by atoms with van der Waals surface area (Å²) in [7, 11) is 0. The second-order valence-electron chi connectivity index (χ2n) is 11.7. The van der Waals surface area contributed by atoms with Gasteiger partial charge in [0.15, 0.2) is 0 Å². The molecule has 6 atom stereocenters. The Labute approximate surface area is 252 Å². The van der Waals surface area contributed by atoms with Crippen LogP contribution >= 0.6 is 11.6 Å². The number of halogens is 1. The monoisotopic (exact) mass is 591 g/mol. The van der Waals surface area contributed by atoms with Crippen molar-refractivity contribution in [3.8, 4) is 0 Å². The summed E-state index contributed by atoms with van der Waals surface area (Å²) in [6, 6.07) is 14.8. The molecule has 2 aromatic carbocycles. The fourth-order valence-electron chi connectivity index (χ4n) is 7.19. The van der Waals surface area contributed by atoms with Crippen LogP contribution in [0.2, 0.25) is 5.02 Å². The van der Waals surface area contributed by atoms with Gasteiger partial charge in [-0.2, -0.15) is 0 Å². The highest BCUT2D eigenvalue weighted by atomic mass is 35.5. The Morgan fingerprint density at radius 3 is 2.38 bits per heavy atom. The zero-order chi connectivity index (χ0) is 30.2. The van der Waals surface area contributed by atoms with Gasteiger partial charge in [0.25, 0.3) is 5.91 Å². The number of aliphatic hydroxyl groups excluding tert-OH is 1. The Kier molecular flexibility index (Phi) is 8.34. The number of amides is 3. The summed E-state index contributed by atoms with van der Waals surface area (Å²) in [5.41, 5.74) is -0.587. The van der Waals surface area contributed by atoms with Crippen molar-refractivity contribution in [2.24, 2.45) is 11.8 Å². The number of hydrogen-bond acceptors (Lipinski definition) is 5. The van der Waals surface area contributed by atoms with Crippen molar-refractivity contribution in [1.29, 1.82) is 0 Å². The lowest BCUT2D eigenvalue weighted by atomic mass is 9.66. The Balaban J connectivity index is 1.57. The molecule has 9 heteroatoms. The molecular formula is C33H38ClN3O5. The van der Waals surface area contributed by atoms with E-state index in [4.69, 9.17) is 16.3 Å². The maximum absolute atomic E-state index is 14.6. The number of hydrogen-bond donors (Lipinski definition) is 1. The maximum atomic E-state index is 14.6. The van der Waals surface area contributed by atoms with Crippen LogP contribution < -0.4 is 4.90 Å². The molecule has 3 aliphatic heterocycles. The minimum atomic E-state index is -1.22. The third kappa shape index (κ3) is 4.85. The SMILES string of the molecule is C=CCN(Cc1ccccc1)C(=O)[C@H]1[C@H]2C(=O)N([C@H](C)CO)C(C(=O)N(CC=C)c3ccc(Cl)cc3)C23CC[C@]1(C)O3. The zero-order valence-electron chi connectivity index (χ0n) is 24.1. The highest BCUT2D eigenvalue weighted by Gasteiger charge is 2.78. The van der Waals surface area contributed by atoms with E-state index >= 15 is 0 Å². The lowest BCUT2D eigenvalue weighted by Gasteiger charge is -2.38. The summed E-state index contributed by atoms with van der Waals surface area (Å²) < 4.78 is 6.78. The molecule has 3 fully saturated rings. The van der Waals surface area contributed by atoms with Gasteiger partial charge in [0.05, 0.1) is 30.1 Å². The van der Waals surface area contributed by atoms with E-state index < -0.39 is 35.1 Å². The molecule has 3 aliphatic rings. The van der Waals surface area contributed by atoms with Crippen molar-refractivity contribution in [2.75, 3.05) is 24.6 Å². The first-order valence-corrected chi connectivity index (χ1v) is 14.7. The summed E-state index contributed by atoms with van der Waals surface area (Å²) in [6.45, 7) is 11.8. The van der Waals surface area contributed by atoms with E-state index in [-0.39, 0.29) is 30.9 Å². The number of rotatable bonds is 11. The standard InChI is InChI=1S/C33H38ClN3O5/c1-5-18-35(20-23-10-8-7-9-11-23)29(39)26-27-30(40)37(22(3)21-38)28(33(27)17-16-32(26,4)42-33)31(41)36(19-6-2)25-14-12-24(34)13-15-25/h5-15,22,26-28,38H,1-2,16-21H2,3-4H3/t22-,26-,27+,28?,32+,33?/m1/s1. The van der Waals surface area contributed by atoms with Gasteiger partial charge in [-0.1, -0.05) is 54.1 Å². The number of carbonyl (C=O) groups excluding carboxylic acids is 3. The van der Waals surface area contributed by atoms with Crippen LogP contribution in [0.5, 0.6) is 0 Å². The third-order valence-corrected chi connectivity index (χ3v) is 9.30. The van der Waals surface area contributed by atoms with Crippen molar-refractivity contribution in [3.05, 3.63) is 90.5 Å². The summed E-state index contributed by atoms with van der Waals surface area (Å²) in [4.78, 5) is 48.1. The molecule has 1 N–H and O–H groups in total. The quantitative estimate of drug-likeness (QED) is 0.395. The number of ether oxygens (including phenoxy) is 1. The Morgan fingerprint density at radius 2 is 1.76 bits per heavy atom. The van der Waals surface area contributed by atoms with Crippen molar-refractivity contribution >= 4 is 35.0 Å². The maximum Gasteiger partial charge on any atom is 0.253 e. The molecule has 0 aromatic heterocycles. The lowest BCUT2D eigenvalue weighted by molar-refractivity contribution is -0.152. The predicted molar refractivity (Wildman–Crippen MR) is 162 cm³/mol. The molecule has 2 unspecified atom stereocenters. The van der Waals surface area contributed by atoms with Crippen LogP contribution in [-0.2, 0) is 25.7 Å². The van der Waals surface area contributed by atoms with E-state index in [0.29, 0.717) is 36.6 Å². The van der Waals surface area contributed by atoms with Gasteiger partial charge in [0.1, 0.15) is 11.6 Å². The van der Waals surface area contributed by atoms with Gasteiger partial charge < -0.3 is 24.5 Å². The van der Waals surface area contributed by atoms with Crippen LogP contribution in [0, 0.1) is 11.8 Å². The molecule has 222 valence electrons. The van der Waals surface area contributed by atoms with E-state index in [9.17, 15) is 19.5 Å². The van der Waals surface area contributed by atoms with Gasteiger partial charge in [-0.25, -0.2) is 0 Å². The number of carbonyl (C=O) groups is 3. The van der Waals surface area contributed by atoms with E-state index in [1.807, 2.05) is 37.3 Å². The van der Waals surface area contributed by atoms with E-state index in [2.05, 4.69) is 13.2 Å². The molecule has 2 bridgehead atoms. The number of benzene rings is 2. The Hall–Kier alpha value is -3.46. The average Bonchev–Trinajstić information content (AvgIpc) is 3.56. The first kappa shape index (κ1) is 30.0. The summed E-state index contributed by atoms with van der Waals surface area (Å²) in [5.74, 6) is -2.56. The number of aliphatic hydroxyl groups is 1. The fourth-order valence-corrected chi connectivity index (χ4v) is 7.32. The lowest BCUT2D eigenvalue weighted by Crippen LogP contribution is -2.58. The van der Waals surface area contributed by atoms with Crippen LogP contribution in [0.25, 0.3) is 0 Å². The molecule has 0 aliphatic carbocycles. The van der Waals surface area contributed by atoms with Crippen LogP contribution in [0.4, 0.5) is 5.69 Å². The van der Waals surface area contributed by atoms with Crippen molar-refractivity contribution in [2.45, 2.75) is 56.5 Å². The topological polar surface area (TPSA) is 90.4 Å². The molecule has 3 saturated heterocycles. The molecule has 0 saturated carbocycles. The second kappa shape index (κ2) is 11.7. The third-order valence-electron chi connectivity index (χ3n) is 9.05. The molecule has 2 aromatic rings. The minimum absolute atomic E-state index is 0.192. The van der Waals surface area contributed by atoms with Crippen molar-refractivity contribution in [1.82, 2.24) is 9.80 Å². The minimum Gasteiger partial charge on any atom is -0.394 e. The highest BCUT2D eigenvalue weighted by molar-refractivity contribution is 6.30. The van der Waals surface area contributed by atoms with Gasteiger partial charge in [-0.15, -0.1) is 13.2 Å². The van der Waals surface area contributed by atoms with Crippen LogP contribution in [-0.4, -0.2) is 75.6 Å². The van der Waals surface area contributed by atoms with Gasteiger partial charge in [-0.3, -0.25) is 14.4 Å². The van der Waals surface area contributed by atoms with Gasteiger partial charge in [0.2, 0.25) is 11.8 Å². The average molecular weight is 592 g/mol. The van der Waals surface area contributed by atoms with E-state index in [0.717, 1.165) is 5.56 Å². The van der Waals surface area contributed by atoms with Crippen LogP contribution in [0.3, 0.4) is 0 Å². The first-order chi connectivity index (χ1) is 20.1. The normalized spacial score (nSPS) is 28.3. The largest absolute Gasteiger partial charge is 0.394 e. The van der Waals surface area contributed by atoms with Crippen LogP contribution in [0.15, 0.2) is 79.9 Å². The first-order valence-electron chi connectivity index (χ1n) is 14.4. The number of likely N-dealkylation sites (tertiary alicyclic amines) is 1. The molecule has 42 heavy (non-hydrogen) atoms. The molecule has 3 heterocycles. The summed E-state index contributed by atoms with van der Waals surface area (Å²) >= 11 is 6.12. The fraction of sp³-hybridized carbons (Fsp3) is 0.424. The van der Waals surface area contributed by atoms with E-state index in [1.54, 1.807) is 53.1 Å². The van der Waals surface area contributed by atoms with Crippen LogP contribution in [0.1, 0.15) is 32.3 Å². The predicted octanol–water partition coefficient (Wildman–Crippen LogP) is 4.22. The van der Waals surface area contributed by atoms with Gasteiger partial charge >= 0.3 is 0 Å². The summed E-state index contributed by atoms with van der Waals surface area (Å²) in [5, 5.41) is 10.7.